The average Bonchev–Trinajstić information content (AvgIpc) is 3.27. The van der Waals surface area contributed by atoms with Gasteiger partial charge in [0, 0.05) is 19.2 Å². The molecular weight excluding hydrogens is 433 g/mol. The molecular formula is C21H21F3N2O4S. The van der Waals surface area contributed by atoms with Crippen LogP contribution in [0.1, 0.15) is 18.4 Å². The monoisotopic (exact) mass is 454 g/mol. The van der Waals surface area contributed by atoms with Gasteiger partial charge in [0.25, 0.3) is 0 Å². The molecule has 0 radical (unpaired) electrons. The second kappa shape index (κ2) is 9.52. The molecule has 0 bridgehead atoms. The van der Waals surface area contributed by atoms with E-state index >= 15 is 0 Å². The van der Waals surface area contributed by atoms with E-state index < -0.39 is 28.7 Å². The Balaban J connectivity index is 1.86. The van der Waals surface area contributed by atoms with Gasteiger partial charge in [-0.25, -0.2) is 8.42 Å². The Morgan fingerprint density at radius 2 is 1.77 bits per heavy atom. The molecule has 0 saturated carbocycles. The second-order valence-electron chi connectivity index (χ2n) is 6.91. The molecule has 0 unspecified atom stereocenters. The van der Waals surface area contributed by atoms with Gasteiger partial charge >= 0.3 is 6.18 Å². The fraction of sp³-hybridized carbons (Fsp3) is 0.286. The number of benzene rings is 2. The van der Waals surface area contributed by atoms with Crippen LogP contribution in [0.2, 0.25) is 0 Å². The lowest BCUT2D eigenvalue weighted by molar-refractivity contribution is -0.153. The molecule has 3 rings (SSSR count). The van der Waals surface area contributed by atoms with Crippen LogP contribution in [0.4, 0.5) is 18.9 Å². The lowest BCUT2D eigenvalue weighted by Gasteiger charge is -2.18. The van der Waals surface area contributed by atoms with E-state index in [0.29, 0.717) is 13.1 Å². The van der Waals surface area contributed by atoms with Crippen LogP contribution < -0.4 is 10.1 Å². The number of carbonyl (C=O) groups is 1. The van der Waals surface area contributed by atoms with Crippen molar-refractivity contribution >= 4 is 27.7 Å². The van der Waals surface area contributed by atoms with Crippen LogP contribution in [0.5, 0.6) is 5.75 Å². The maximum Gasteiger partial charge on any atom is 0.422 e. The van der Waals surface area contributed by atoms with Crippen molar-refractivity contribution in [3.05, 3.63) is 60.2 Å². The van der Waals surface area contributed by atoms with Gasteiger partial charge in [0.1, 0.15) is 5.75 Å². The summed E-state index contributed by atoms with van der Waals surface area (Å²) in [7, 11) is -3.83. The molecule has 0 aliphatic carbocycles. The third-order valence-electron chi connectivity index (χ3n) is 4.53. The number of anilines is 1. The van der Waals surface area contributed by atoms with Gasteiger partial charge in [-0.2, -0.15) is 17.5 Å². The summed E-state index contributed by atoms with van der Waals surface area (Å²) in [6, 6.07) is 12.3. The zero-order chi connectivity index (χ0) is 22.5. The highest BCUT2D eigenvalue weighted by atomic mass is 32.2. The molecule has 0 atom stereocenters. The quantitative estimate of drug-likeness (QED) is 0.640. The molecule has 2 aromatic carbocycles. The number of sulfonamides is 1. The Morgan fingerprint density at radius 3 is 2.42 bits per heavy atom. The van der Waals surface area contributed by atoms with Gasteiger partial charge in [-0.15, -0.1) is 0 Å². The van der Waals surface area contributed by atoms with Gasteiger partial charge < -0.3 is 10.1 Å². The summed E-state index contributed by atoms with van der Waals surface area (Å²) in [6.45, 7) is -0.833. The summed E-state index contributed by atoms with van der Waals surface area (Å²) >= 11 is 0. The molecule has 1 amide bonds. The lowest BCUT2D eigenvalue weighted by atomic mass is 10.2. The second-order valence-corrected chi connectivity index (χ2v) is 8.84. The van der Waals surface area contributed by atoms with Crippen molar-refractivity contribution < 1.29 is 31.1 Å². The molecule has 0 spiro atoms. The highest BCUT2D eigenvalue weighted by Crippen LogP contribution is 2.31. The van der Waals surface area contributed by atoms with E-state index in [0.717, 1.165) is 30.5 Å². The van der Waals surface area contributed by atoms with Gasteiger partial charge in [0.15, 0.2) is 6.61 Å². The number of halogens is 3. The minimum Gasteiger partial charge on any atom is -0.482 e. The Bertz CT molecular complexity index is 1050. The van der Waals surface area contributed by atoms with Gasteiger partial charge in [-0.3, -0.25) is 4.79 Å². The number of carbonyl (C=O) groups excluding carboxylic acids is 1. The van der Waals surface area contributed by atoms with Crippen LogP contribution in [0.25, 0.3) is 6.08 Å². The predicted octanol–water partition coefficient (Wildman–Crippen LogP) is 4.06. The molecule has 2 aromatic rings. The van der Waals surface area contributed by atoms with E-state index in [9.17, 15) is 26.4 Å². The first-order valence-corrected chi connectivity index (χ1v) is 11.0. The number of alkyl halides is 3. The van der Waals surface area contributed by atoms with Crippen molar-refractivity contribution in [2.24, 2.45) is 0 Å². The van der Waals surface area contributed by atoms with Gasteiger partial charge in [-0.1, -0.05) is 30.3 Å². The van der Waals surface area contributed by atoms with E-state index in [2.05, 4.69) is 5.32 Å². The SMILES string of the molecule is O=C(C=Cc1ccccc1)Nc1cc(S(=O)(=O)N2CCCC2)ccc1OCC(F)(F)F. The maximum atomic E-state index is 12.8. The number of ether oxygens (including phenoxy) is 1. The smallest absolute Gasteiger partial charge is 0.422 e. The molecule has 0 aromatic heterocycles. The number of hydrogen-bond acceptors (Lipinski definition) is 4. The number of nitrogens with zero attached hydrogens (tertiary/aromatic N) is 1. The van der Waals surface area contributed by atoms with Crippen LogP contribution in [0.15, 0.2) is 59.5 Å². The fourth-order valence-corrected chi connectivity index (χ4v) is 4.58. The number of hydrogen-bond donors (Lipinski definition) is 1. The summed E-state index contributed by atoms with van der Waals surface area (Å²) in [5.74, 6) is -0.921. The van der Waals surface area contributed by atoms with Crippen molar-refractivity contribution in [3.8, 4) is 5.75 Å². The standard InChI is InChI=1S/C21H21F3N2O4S/c22-21(23,24)15-30-19-10-9-17(31(28,29)26-12-4-5-13-26)14-18(19)25-20(27)11-8-16-6-2-1-3-7-16/h1-3,6-11,14H,4-5,12-13,15H2,(H,25,27). The maximum absolute atomic E-state index is 12.8. The molecule has 6 nitrogen and oxygen atoms in total. The molecule has 10 heteroatoms. The minimum absolute atomic E-state index is 0.129. The molecule has 1 fully saturated rings. The van der Waals surface area contributed by atoms with Crippen molar-refractivity contribution in [2.45, 2.75) is 23.9 Å². The summed E-state index contributed by atoms with van der Waals surface area (Å²) in [6.07, 6.45) is -0.393. The Kier molecular flexibility index (Phi) is 7.01. The molecule has 1 heterocycles. The Morgan fingerprint density at radius 1 is 1.10 bits per heavy atom. The third kappa shape index (κ3) is 6.31. The largest absolute Gasteiger partial charge is 0.482 e. The Hall–Kier alpha value is -2.85. The molecule has 31 heavy (non-hydrogen) atoms. The number of rotatable bonds is 7. The molecule has 1 N–H and O–H groups in total. The van der Waals surface area contributed by atoms with Gasteiger partial charge in [0.2, 0.25) is 15.9 Å². The highest BCUT2D eigenvalue weighted by Gasteiger charge is 2.30. The van der Waals surface area contributed by atoms with E-state index in [1.165, 1.54) is 22.5 Å². The zero-order valence-corrected chi connectivity index (χ0v) is 17.2. The Labute approximate surface area is 178 Å². The third-order valence-corrected chi connectivity index (χ3v) is 6.42. The van der Waals surface area contributed by atoms with Crippen LogP contribution >= 0.6 is 0 Å². The summed E-state index contributed by atoms with van der Waals surface area (Å²) < 4.78 is 69.4. The van der Waals surface area contributed by atoms with Crippen molar-refractivity contribution in [2.75, 3.05) is 25.0 Å². The lowest BCUT2D eigenvalue weighted by Crippen LogP contribution is -2.28. The van der Waals surface area contributed by atoms with Crippen molar-refractivity contribution in [3.63, 3.8) is 0 Å². The summed E-state index contributed by atoms with van der Waals surface area (Å²) in [4.78, 5) is 12.2. The summed E-state index contributed by atoms with van der Waals surface area (Å²) in [5.41, 5.74) is 0.587. The minimum atomic E-state index is -4.59. The van der Waals surface area contributed by atoms with Crippen LogP contribution in [-0.4, -0.2) is 44.5 Å². The number of nitrogens with one attached hydrogen (secondary N) is 1. The van der Waals surface area contributed by atoms with Crippen LogP contribution in [-0.2, 0) is 14.8 Å². The van der Waals surface area contributed by atoms with Crippen LogP contribution in [0, 0.1) is 0 Å². The van der Waals surface area contributed by atoms with Crippen molar-refractivity contribution in [1.82, 2.24) is 4.31 Å². The zero-order valence-electron chi connectivity index (χ0n) is 16.4. The van der Waals surface area contributed by atoms with E-state index in [1.54, 1.807) is 24.3 Å². The first-order valence-electron chi connectivity index (χ1n) is 9.53. The van der Waals surface area contributed by atoms with E-state index in [-0.39, 0.29) is 16.3 Å². The van der Waals surface area contributed by atoms with Gasteiger partial charge in [-0.05, 0) is 42.7 Å². The first kappa shape index (κ1) is 22.8. The summed E-state index contributed by atoms with van der Waals surface area (Å²) in [5, 5.41) is 2.42. The molecule has 1 saturated heterocycles. The first-order chi connectivity index (χ1) is 14.6. The van der Waals surface area contributed by atoms with Gasteiger partial charge in [0.05, 0.1) is 10.6 Å². The van der Waals surface area contributed by atoms with Crippen LogP contribution in [0.3, 0.4) is 0 Å². The predicted molar refractivity (Wildman–Crippen MR) is 110 cm³/mol. The fourth-order valence-electron chi connectivity index (χ4n) is 3.04. The van der Waals surface area contributed by atoms with E-state index in [4.69, 9.17) is 4.74 Å². The normalized spacial score (nSPS) is 15.3. The molecule has 1 aliphatic rings. The molecule has 1 aliphatic heterocycles. The topological polar surface area (TPSA) is 75.7 Å². The number of amides is 1. The highest BCUT2D eigenvalue weighted by molar-refractivity contribution is 7.89. The molecule has 166 valence electrons. The average molecular weight is 454 g/mol. The van der Waals surface area contributed by atoms with E-state index in [1.807, 2.05) is 6.07 Å². The van der Waals surface area contributed by atoms with Crippen molar-refractivity contribution in [1.29, 1.82) is 0 Å².